The molecule has 1 atom stereocenters. The van der Waals surface area contributed by atoms with E-state index >= 15 is 0 Å². The summed E-state index contributed by atoms with van der Waals surface area (Å²) >= 11 is 0. The number of benzene rings is 1. The maximum Gasteiger partial charge on any atom is 0.270 e. The second-order valence-corrected chi connectivity index (χ2v) is 5.48. The molecule has 1 N–H and O–H groups in total. The van der Waals surface area contributed by atoms with Crippen LogP contribution in [0.15, 0.2) is 59.7 Å². The van der Waals surface area contributed by atoms with E-state index in [1.165, 1.54) is 0 Å². The molecule has 2 aromatic heterocycles. The van der Waals surface area contributed by atoms with Crippen LogP contribution in [0, 0.1) is 0 Å². The van der Waals surface area contributed by atoms with Crippen LogP contribution in [-0.4, -0.2) is 27.8 Å². The van der Waals surface area contributed by atoms with Crippen molar-refractivity contribution in [1.29, 1.82) is 0 Å². The lowest BCUT2D eigenvalue weighted by atomic mass is 10.1. The molecule has 5 nitrogen and oxygen atoms in total. The molecular formula is C18H17N3O2. The van der Waals surface area contributed by atoms with Crippen molar-refractivity contribution in [2.75, 3.05) is 7.05 Å². The molecule has 0 aliphatic heterocycles. The van der Waals surface area contributed by atoms with Crippen molar-refractivity contribution < 1.29 is 4.79 Å². The number of carbonyl (C=O) groups excluding carboxylic acids is 1. The van der Waals surface area contributed by atoms with Crippen molar-refractivity contribution in [3.8, 4) is 0 Å². The maximum atomic E-state index is 12.7. The standard InChI is InChI=1S/C18H17N3O2/c1-12(14-7-5-9-19-11-14)21(2)18(23)16-10-13-6-3-4-8-15(13)17(22)20-16/h3-12H,1-2H3,(H,20,22). The summed E-state index contributed by atoms with van der Waals surface area (Å²) in [5, 5.41) is 1.33. The Morgan fingerprint density at radius 2 is 2.00 bits per heavy atom. The van der Waals surface area contributed by atoms with Gasteiger partial charge in [-0.3, -0.25) is 14.6 Å². The van der Waals surface area contributed by atoms with Crippen LogP contribution in [0.25, 0.3) is 10.8 Å². The highest BCUT2D eigenvalue weighted by Gasteiger charge is 2.20. The molecule has 0 bridgehead atoms. The number of hydrogen-bond donors (Lipinski definition) is 1. The summed E-state index contributed by atoms with van der Waals surface area (Å²) in [6.07, 6.45) is 3.43. The summed E-state index contributed by atoms with van der Waals surface area (Å²) in [4.78, 5) is 33.2. The Bertz CT molecular complexity index is 903. The number of aromatic amines is 1. The zero-order valence-electron chi connectivity index (χ0n) is 13.0. The summed E-state index contributed by atoms with van der Waals surface area (Å²) in [6.45, 7) is 1.92. The predicted octanol–water partition coefficient (Wildman–Crippen LogP) is 2.76. The fourth-order valence-electron chi connectivity index (χ4n) is 2.54. The van der Waals surface area contributed by atoms with Crippen LogP contribution in [0.3, 0.4) is 0 Å². The number of carbonyl (C=O) groups is 1. The van der Waals surface area contributed by atoms with Gasteiger partial charge in [0.1, 0.15) is 5.69 Å². The second-order valence-electron chi connectivity index (χ2n) is 5.48. The molecule has 116 valence electrons. The quantitative estimate of drug-likeness (QED) is 0.809. The first-order valence-electron chi connectivity index (χ1n) is 7.37. The Balaban J connectivity index is 1.95. The molecule has 0 spiro atoms. The molecule has 1 unspecified atom stereocenters. The summed E-state index contributed by atoms with van der Waals surface area (Å²) in [5.41, 5.74) is 0.965. The van der Waals surface area contributed by atoms with Gasteiger partial charge in [-0.25, -0.2) is 0 Å². The van der Waals surface area contributed by atoms with Crippen LogP contribution in [0.1, 0.15) is 29.0 Å². The van der Waals surface area contributed by atoms with E-state index < -0.39 is 0 Å². The minimum atomic E-state index is -0.256. The highest BCUT2D eigenvalue weighted by Crippen LogP contribution is 2.20. The first kappa shape index (κ1) is 15.0. The SMILES string of the molecule is CC(c1cccnc1)N(C)C(=O)c1cc2ccccc2c(=O)[nH]1. The number of aromatic nitrogens is 2. The number of rotatable bonds is 3. The Labute approximate surface area is 133 Å². The van der Waals surface area contributed by atoms with E-state index in [0.29, 0.717) is 5.39 Å². The molecule has 0 radical (unpaired) electrons. The third-order valence-corrected chi connectivity index (χ3v) is 4.05. The van der Waals surface area contributed by atoms with Gasteiger partial charge in [0, 0.05) is 24.8 Å². The van der Waals surface area contributed by atoms with Gasteiger partial charge in [0.15, 0.2) is 0 Å². The van der Waals surface area contributed by atoms with Crippen LogP contribution in [0.2, 0.25) is 0 Å². The van der Waals surface area contributed by atoms with Crippen molar-refractivity contribution in [2.24, 2.45) is 0 Å². The van der Waals surface area contributed by atoms with Crippen LogP contribution < -0.4 is 5.56 Å². The summed E-state index contributed by atoms with van der Waals surface area (Å²) in [5.74, 6) is -0.232. The number of pyridine rings is 2. The molecule has 0 fully saturated rings. The zero-order valence-corrected chi connectivity index (χ0v) is 13.0. The average molecular weight is 307 g/mol. The van der Waals surface area contributed by atoms with Crippen molar-refractivity contribution in [2.45, 2.75) is 13.0 Å². The third kappa shape index (κ3) is 2.85. The van der Waals surface area contributed by atoms with Gasteiger partial charge in [-0.1, -0.05) is 24.3 Å². The van der Waals surface area contributed by atoms with E-state index in [4.69, 9.17) is 0 Å². The lowest BCUT2D eigenvalue weighted by Gasteiger charge is -2.25. The van der Waals surface area contributed by atoms with Gasteiger partial charge < -0.3 is 9.88 Å². The normalized spacial score (nSPS) is 12.1. The Hall–Kier alpha value is -2.95. The summed E-state index contributed by atoms with van der Waals surface area (Å²) in [6, 6.07) is 12.5. The molecule has 0 aliphatic rings. The van der Waals surface area contributed by atoms with E-state index in [2.05, 4.69) is 9.97 Å². The molecule has 1 aromatic carbocycles. The summed E-state index contributed by atoms with van der Waals surface area (Å²) in [7, 11) is 1.72. The number of amides is 1. The van der Waals surface area contributed by atoms with Crippen LogP contribution in [0.4, 0.5) is 0 Å². The van der Waals surface area contributed by atoms with E-state index in [1.807, 2.05) is 31.2 Å². The minimum Gasteiger partial charge on any atom is -0.334 e. The average Bonchev–Trinajstić information content (AvgIpc) is 2.60. The van der Waals surface area contributed by atoms with Crippen LogP contribution in [0.5, 0.6) is 0 Å². The number of H-pyrrole nitrogens is 1. The molecule has 3 rings (SSSR count). The molecule has 23 heavy (non-hydrogen) atoms. The lowest BCUT2D eigenvalue weighted by Crippen LogP contribution is -2.31. The molecular weight excluding hydrogens is 290 g/mol. The van der Waals surface area contributed by atoms with Gasteiger partial charge in [0.05, 0.1) is 6.04 Å². The Morgan fingerprint density at radius 3 is 2.74 bits per heavy atom. The fourth-order valence-corrected chi connectivity index (χ4v) is 2.54. The van der Waals surface area contributed by atoms with Gasteiger partial charge in [0.2, 0.25) is 0 Å². The molecule has 0 saturated carbocycles. The van der Waals surface area contributed by atoms with Gasteiger partial charge in [-0.2, -0.15) is 0 Å². The van der Waals surface area contributed by atoms with Crippen molar-refractivity contribution in [3.63, 3.8) is 0 Å². The molecule has 1 amide bonds. The predicted molar refractivity (Wildman–Crippen MR) is 89.3 cm³/mol. The van der Waals surface area contributed by atoms with Crippen molar-refractivity contribution >= 4 is 16.7 Å². The largest absolute Gasteiger partial charge is 0.334 e. The third-order valence-electron chi connectivity index (χ3n) is 4.05. The van der Waals surface area contributed by atoms with Gasteiger partial charge in [-0.15, -0.1) is 0 Å². The first-order valence-corrected chi connectivity index (χ1v) is 7.37. The highest BCUT2D eigenvalue weighted by atomic mass is 16.2. The number of nitrogens with one attached hydrogen (secondary N) is 1. The molecule has 2 heterocycles. The van der Waals surface area contributed by atoms with E-state index in [1.54, 1.807) is 42.5 Å². The molecule has 5 heteroatoms. The van der Waals surface area contributed by atoms with Gasteiger partial charge >= 0.3 is 0 Å². The van der Waals surface area contributed by atoms with Gasteiger partial charge in [0.25, 0.3) is 11.5 Å². The number of fused-ring (bicyclic) bond motifs is 1. The van der Waals surface area contributed by atoms with Crippen molar-refractivity contribution in [3.05, 3.63) is 76.5 Å². The van der Waals surface area contributed by atoms with Crippen molar-refractivity contribution in [1.82, 2.24) is 14.9 Å². The van der Waals surface area contributed by atoms with E-state index in [-0.39, 0.29) is 23.2 Å². The smallest absolute Gasteiger partial charge is 0.270 e. The molecule has 0 saturated heterocycles. The number of hydrogen-bond acceptors (Lipinski definition) is 3. The zero-order chi connectivity index (χ0) is 16.4. The highest BCUT2D eigenvalue weighted by molar-refractivity contribution is 5.96. The maximum absolute atomic E-state index is 12.7. The summed E-state index contributed by atoms with van der Waals surface area (Å²) < 4.78 is 0. The van der Waals surface area contributed by atoms with Gasteiger partial charge in [-0.05, 0) is 36.1 Å². The minimum absolute atomic E-state index is 0.147. The molecule has 3 aromatic rings. The van der Waals surface area contributed by atoms with E-state index in [9.17, 15) is 9.59 Å². The molecule has 0 aliphatic carbocycles. The Kier molecular flexibility index (Phi) is 3.93. The van der Waals surface area contributed by atoms with Crippen LogP contribution >= 0.6 is 0 Å². The lowest BCUT2D eigenvalue weighted by molar-refractivity contribution is 0.0736. The van der Waals surface area contributed by atoms with Crippen LogP contribution in [-0.2, 0) is 0 Å². The number of nitrogens with zero attached hydrogens (tertiary/aromatic N) is 2. The van der Waals surface area contributed by atoms with E-state index in [0.717, 1.165) is 10.9 Å². The monoisotopic (exact) mass is 307 g/mol. The first-order chi connectivity index (χ1) is 11.1. The fraction of sp³-hybridized carbons (Fsp3) is 0.167. The topological polar surface area (TPSA) is 66.1 Å². The Morgan fingerprint density at radius 1 is 1.22 bits per heavy atom. The second kappa shape index (κ2) is 6.04.